The van der Waals surface area contributed by atoms with Crippen molar-refractivity contribution in [3.05, 3.63) is 77.9 Å². The predicted octanol–water partition coefficient (Wildman–Crippen LogP) is 5.56. The molecule has 8 nitrogen and oxygen atoms in total. The molecule has 0 aromatic heterocycles. The van der Waals surface area contributed by atoms with Crippen LogP contribution < -0.4 is 19.7 Å². The van der Waals surface area contributed by atoms with Crippen LogP contribution in [-0.4, -0.2) is 55.2 Å². The summed E-state index contributed by atoms with van der Waals surface area (Å²) in [5.74, 6) is -1.50. The zero-order valence-corrected chi connectivity index (χ0v) is 22.1. The molecule has 41 heavy (non-hydrogen) atoms. The van der Waals surface area contributed by atoms with Crippen molar-refractivity contribution >= 4 is 23.4 Å². The number of ketones is 1. The summed E-state index contributed by atoms with van der Waals surface area (Å²) in [4.78, 5) is 40.6. The zero-order chi connectivity index (χ0) is 29.0. The number of Topliss-reactive ketones (excluding diaryl/α,β-unsaturated/α-hetero) is 1. The minimum atomic E-state index is -5.06. The molecule has 11 heteroatoms. The van der Waals surface area contributed by atoms with Gasteiger partial charge in [-0.25, -0.2) is 4.79 Å². The molecular weight excluding hydrogens is 539 g/mol. The number of alkyl halides is 3. The van der Waals surface area contributed by atoms with Crippen LogP contribution in [0.15, 0.2) is 66.7 Å². The summed E-state index contributed by atoms with van der Waals surface area (Å²) in [5.41, 5.74) is 3.35. The molecule has 0 unspecified atom stereocenters. The summed E-state index contributed by atoms with van der Waals surface area (Å²) in [6.07, 6.45) is -2.13. The van der Waals surface area contributed by atoms with E-state index in [0.717, 1.165) is 36.0 Å². The molecule has 1 fully saturated rings. The van der Waals surface area contributed by atoms with Gasteiger partial charge in [-0.2, -0.15) is 13.2 Å². The van der Waals surface area contributed by atoms with Crippen molar-refractivity contribution in [3.63, 3.8) is 0 Å². The van der Waals surface area contributed by atoms with Gasteiger partial charge in [-0.3, -0.25) is 14.5 Å². The van der Waals surface area contributed by atoms with Crippen molar-refractivity contribution in [2.24, 2.45) is 0 Å². The SMILES string of the molecule is O=C(CNC(=O)C(F)(F)F)c1ccc(CN(C(=O)N2CCCCC2)c2cccc(-c3ccc4c(c3)OCO4)c2)cc1. The van der Waals surface area contributed by atoms with E-state index < -0.39 is 24.4 Å². The highest BCUT2D eigenvalue weighted by molar-refractivity contribution is 6.00. The summed E-state index contributed by atoms with van der Waals surface area (Å²) in [7, 11) is 0. The number of hydrogen-bond acceptors (Lipinski definition) is 5. The topological polar surface area (TPSA) is 88.2 Å². The van der Waals surface area contributed by atoms with Gasteiger partial charge in [-0.05, 0) is 60.2 Å². The normalized spacial score (nSPS) is 14.5. The van der Waals surface area contributed by atoms with Gasteiger partial charge in [0, 0.05) is 24.3 Å². The van der Waals surface area contributed by atoms with Gasteiger partial charge in [-0.15, -0.1) is 0 Å². The summed E-state index contributed by atoms with van der Waals surface area (Å²) in [6.45, 7) is 0.926. The molecule has 2 aliphatic heterocycles. The first-order valence-corrected chi connectivity index (χ1v) is 13.2. The quantitative estimate of drug-likeness (QED) is 0.378. The highest BCUT2D eigenvalue weighted by atomic mass is 19.4. The third kappa shape index (κ3) is 6.62. The Hall–Kier alpha value is -4.54. The average Bonchev–Trinajstić information content (AvgIpc) is 3.46. The lowest BCUT2D eigenvalue weighted by molar-refractivity contribution is -0.173. The van der Waals surface area contributed by atoms with E-state index in [0.29, 0.717) is 30.3 Å². The van der Waals surface area contributed by atoms with Crippen LogP contribution >= 0.6 is 0 Å². The molecule has 0 radical (unpaired) electrons. The lowest BCUT2D eigenvalue weighted by Crippen LogP contribution is -2.45. The number of carbonyl (C=O) groups is 3. The second-order valence-electron chi connectivity index (χ2n) is 9.84. The number of benzene rings is 3. The molecule has 3 aromatic rings. The van der Waals surface area contributed by atoms with E-state index in [-0.39, 0.29) is 24.9 Å². The Morgan fingerprint density at radius 3 is 2.29 bits per heavy atom. The Bertz CT molecular complexity index is 1440. The van der Waals surface area contributed by atoms with E-state index >= 15 is 0 Å². The molecule has 214 valence electrons. The average molecular weight is 568 g/mol. The molecule has 3 amide bonds. The number of nitrogens with one attached hydrogen (secondary N) is 1. The van der Waals surface area contributed by atoms with E-state index in [4.69, 9.17) is 9.47 Å². The Balaban J connectivity index is 1.36. The summed E-state index contributed by atoms with van der Waals surface area (Å²) >= 11 is 0. The zero-order valence-electron chi connectivity index (χ0n) is 22.1. The number of ether oxygens (including phenoxy) is 2. The van der Waals surface area contributed by atoms with Crippen molar-refractivity contribution in [1.82, 2.24) is 10.2 Å². The van der Waals surface area contributed by atoms with Crippen molar-refractivity contribution in [1.29, 1.82) is 0 Å². The largest absolute Gasteiger partial charge is 0.471 e. The molecule has 0 saturated carbocycles. The molecule has 1 N–H and O–H groups in total. The molecule has 2 aliphatic rings. The van der Waals surface area contributed by atoms with Crippen molar-refractivity contribution in [3.8, 4) is 22.6 Å². The van der Waals surface area contributed by atoms with Crippen molar-refractivity contribution < 1.29 is 37.0 Å². The fourth-order valence-electron chi connectivity index (χ4n) is 4.80. The fraction of sp³-hybridized carbons (Fsp3) is 0.300. The molecule has 0 spiro atoms. The minimum absolute atomic E-state index is 0.137. The predicted molar refractivity (Wildman–Crippen MR) is 145 cm³/mol. The van der Waals surface area contributed by atoms with Gasteiger partial charge in [0.05, 0.1) is 13.1 Å². The highest BCUT2D eigenvalue weighted by Gasteiger charge is 2.38. The van der Waals surface area contributed by atoms with Gasteiger partial charge < -0.3 is 19.7 Å². The molecule has 2 heterocycles. The van der Waals surface area contributed by atoms with Crippen LogP contribution in [0.2, 0.25) is 0 Å². The number of nitrogens with zero attached hydrogens (tertiary/aromatic N) is 2. The first-order valence-electron chi connectivity index (χ1n) is 13.2. The number of halogens is 3. The van der Waals surface area contributed by atoms with E-state index in [1.165, 1.54) is 12.1 Å². The lowest BCUT2D eigenvalue weighted by Gasteiger charge is -2.33. The standard InChI is InChI=1S/C30H28F3N3O5/c31-30(32,33)28(38)34-17-25(37)21-9-7-20(8-10-21)18-36(29(39)35-13-2-1-3-14-35)24-6-4-5-22(15-24)23-11-12-26-27(16-23)41-19-40-26/h4-12,15-16H,1-3,13-14,17-19H2,(H,34,38). The summed E-state index contributed by atoms with van der Waals surface area (Å²) < 4.78 is 48.2. The third-order valence-corrected chi connectivity index (χ3v) is 7.00. The van der Waals surface area contributed by atoms with Crippen molar-refractivity contribution in [2.45, 2.75) is 32.0 Å². The summed E-state index contributed by atoms with van der Waals surface area (Å²) in [6, 6.07) is 19.4. The Morgan fingerprint density at radius 2 is 1.56 bits per heavy atom. The smallest absolute Gasteiger partial charge is 0.454 e. The lowest BCUT2D eigenvalue weighted by atomic mass is 10.0. The number of fused-ring (bicyclic) bond motifs is 1. The number of likely N-dealkylation sites (tertiary alicyclic amines) is 1. The number of piperidine rings is 1. The van der Waals surface area contributed by atoms with Crippen LogP contribution in [0.4, 0.5) is 23.7 Å². The van der Waals surface area contributed by atoms with Crippen LogP contribution in [0.5, 0.6) is 11.5 Å². The minimum Gasteiger partial charge on any atom is -0.454 e. The number of hydrogen-bond donors (Lipinski definition) is 1. The van der Waals surface area contributed by atoms with Gasteiger partial charge in [-0.1, -0.05) is 42.5 Å². The van der Waals surface area contributed by atoms with Crippen LogP contribution in [0.25, 0.3) is 11.1 Å². The number of urea groups is 1. The van der Waals surface area contributed by atoms with Crippen molar-refractivity contribution in [2.75, 3.05) is 31.3 Å². The van der Waals surface area contributed by atoms with E-state index in [9.17, 15) is 27.6 Å². The highest BCUT2D eigenvalue weighted by Crippen LogP contribution is 2.37. The maximum atomic E-state index is 13.7. The maximum Gasteiger partial charge on any atom is 0.471 e. The van der Waals surface area contributed by atoms with E-state index in [1.807, 2.05) is 47.4 Å². The number of amides is 3. The fourth-order valence-corrected chi connectivity index (χ4v) is 4.80. The summed E-state index contributed by atoms with van der Waals surface area (Å²) in [5, 5.41) is 1.59. The van der Waals surface area contributed by atoms with Crippen LogP contribution in [-0.2, 0) is 11.3 Å². The van der Waals surface area contributed by atoms with Gasteiger partial charge in [0.2, 0.25) is 6.79 Å². The maximum absolute atomic E-state index is 13.7. The first-order chi connectivity index (χ1) is 19.7. The molecule has 0 aliphatic carbocycles. The monoisotopic (exact) mass is 567 g/mol. The van der Waals surface area contributed by atoms with Crippen LogP contribution in [0.3, 0.4) is 0 Å². The van der Waals surface area contributed by atoms with Gasteiger partial charge in [0.1, 0.15) is 0 Å². The Labute approximate surface area is 234 Å². The Morgan fingerprint density at radius 1 is 0.854 bits per heavy atom. The molecule has 3 aromatic carbocycles. The van der Waals surface area contributed by atoms with E-state index in [1.54, 1.807) is 22.3 Å². The third-order valence-electron chi connectivity index (χ3n) is 7.00. The number of anilines is 1. The van der Waals surface area contributed by atoms with Gasteiger partial charge >= 0.3 is 18.1 Å². The first kappa shape index (κ1) is 28.0. The molecule has 1 saturated heterocycles. The van der Waals surface area contributed by atoms with E-state index in [2.05, 4.69) is 0 Å². The molecule has 0 bridgehead atoms. The van der Waals surface area contributed by atoms with Gasteiger partial charge in [0.15, 0.2) is 17.3 Å². The Kier molecular flexibility index (Phi) is 8.14. The molecular formula is C30H28F3N3O5. The van der Waals surface area contributed by atoms with Crippen LogP contribution in [0.1, 0.15) is 35.2 Å². The molecule has 0 atom stereocenters. The van der Waals surface area contributed by atoms with Crippen LogP contribution in [0, 0.1) is 0 Å². The molecule has 5 rings (SSSR count). The second kappa shape index (κ2) is 11.9. The number of carbonyl (C=O) groups excluding carboxylic acids is 3. The van der Waals surface area contributed by atoms with Gasteiger partial charge in [0.25, 0.3) is 0 Å². The number of rotatable bonds is 7. The second-order valence-corrected chi connectivity index (χ2v) is 9.84.